The van der Waals surface area contributed by atoms with Gasteiger partial charge in [-0.3, -0.25) is 0 Å². The monoisotopic (exact) mass is 230 g/mol. The highest BCUT2D eigenvalue weighted by molar-refractivity contribution is 5.90. The van der Waals surface area contributed by atoms with Crippen LogP contribution >= 0.6 is 0 Å². The highest BCUT2D eigenvalue weighted by atomic mass is 16.6. The van der Waals surface area contributed by atoms with Crippen LogP contribution in [0.5, 0.6) is 0 Å². The summed E-state index contributed by atoms with van der Waals surface area (Å²) in [5.41, 5.74) is 0.831. The molecule has 2 aromatic rings. The zero-order valence-corrected chi connectivity index (χ0v) is 9.84. The molecule has 0 fully saturated rings. The Morgan fingerprint density at radius 2 is 1.76 bits per heavy atom. The molecule has 0 saturated carbocycles. The summed E-state index contributed by atoms with van der Waals surface area (Å²) in [6, 6.07) is 13.7. The van der Waals surface area contributed by atoms with Gasteiger partial charge < -0.3 is 9.47 Å². The van der Waals surface area contributed by atoms with Crippen LogP contribution in [-0.2, 0) is 14.3 Å². The van der Waals surface area contributed by atoms with Gasteiger partial charge >= 0.3 is 5.97 Å². The summed E-state index contributed by atoms with van der Waals surface area (Å²) < 4.78 is 9.97. The van der Waals surface area contributed by atoms with Crippen molar-refractivity contribution in [2.75, 3.05) is 14.2 Å². The molecule has 1 unspecified atom stereocenters. The summed E-state index contributed by atoms with van der Waals surface area (Å²) in [5, 5.41) is 2.09. The van der Waals surface area contributed by atoms with E-state index in [2.05, 4.69) is 0 Å². The predicted molar refractivity (Wildman–Crippen MR) is 65.7 cm³/mol. The Morgan fingerprint density at radius 3 is 2.47 bits per heavy atom. The number of ether oxygens (including phenoxy) is 2. The van der Waals surface area contributed by atoms with Crippen LogP contribution < -0.4 is 0 Å². The quantitative estimate of drug-likeness (QED) is 0.760. The number of hydrogen-bond acceptors (Lipinski definition) is 3. The number of carbonyl (C=O) groups excluding carboxylic acids is 1. The Labute approximate surface area is 100.0 Å². The molecule has 2 rings (SSSR count). The number of carbonyl (C=O) groups is 1. The van der Waals surface area contributed by atoms with Crippen LogP contribution in [-0.4, -0.2) is 20.2 Å². The molecule has 0 saturated heterocycles. The van der Waals surface area contributed by atoms with Crippen LogP contribution in [0, 0.1) is 0 Å². The van der Waals surface area contributed by atoms with Crippen molar-refractivity contribution in [2.24, 2.45) is 0 Å². The fourth-order valence-electron chi connectivity index (χ4n) is 1.94. The highest BCUT2D eigenvalue weighted by Gasteiger charge is 2.22. The number of methoxy groups -OCH3 is 2. The van der Waals surface area contributed by atoms with Gasteiger partial charge in [0.1, 0.15) is 0 Å². The van der Waals surface area contributed by atoms with E-state index < -0.39 is 6.10 Å². The van der Waals surface area contributed by atoms with Gasteiger partial charge in [-0.05, 0) is 16.3 Å². The van der Waals surface area contributed by atoms with Gasteiger partial charge in [0.2, 0.25) is 0 Å². The minimum absolute atomic E-state index is 0.385. The van der Waals surface area contributed by atoms with Crippen molar-refractivity contribution in [3.05, 3.63) is 48.0 Å². The molecule has 0 spiro atoms. The molecule has 0 heterocycles. The standard InChI is InChI=1S/C14H14O3/c1-16-13(14(15)17-2)12-9-5-7-10-6-3-4-8-11(10)12/h3-9,13H,1-2H3. The molecule has 2 aromatic carbocycles. The Hall–Kier alpha value is -1.87. The lowest BCUT2D eigenvalue weighted by molar-refractivity contribution is -0.152. The third kappa shape index (κ3) is 2.15. The van der Waals surface area contributed by atoms with Crippen LogP contribution in [0.1, 0.15) is 11.7 Å². The van der Waals surface area contributed by atoms with E-state index in [1.165, 1.54) is 14.2 Å². The van der Waals surface area contributed by atoms with Crippen LogP contribution in [0.25, 0.3) is 10.8 Å². The first-order chi connectivity index (χ1) is 8.27. The third-order valence-electron chi connectivity index (χ3n) is 2.76. The van der Waals surface area contributed by atoms with Crippen molar-refractivity contribution in [1.82, 2.24) is 0 Å². The fourth-order valence-corrected chi connectivity index (χ4v) is 1.94. The van der Waals surface area contributed by atoms with Gasteiger partial charge in [0, 0.05) is 7.11 Å². The van der Waals surface area contributed by atoms with Gasteiger partial charge in [0.25, 0.3) is 0 Å². The molecular weight excluding hydrogens is 216 g/mol. The van der Waals surface area contributed by atoms with Crippen molar-refractivity contribution in [3.8, 4) is 0 Å². The second kappa shape index (κ2) is 4.97. The maximum Gasteiger partial charge on any atom is 0.339 e. The smallest absolute Gasteiger partial charge is 0.339 e. The van der Waals surface area contributed by atoms with E-state index in [4.69, 9.17) is 9.47 Å². The van der Waals surface area contributed by atoms with Crippen LogP contribution in [0.4, 0.5) is 0 Å². The lowest BCUT2D eigenvalue weighted by atomic mass is 10.0. The summed E-state index contributed by atoms with van der Waals surface area (Å²) in [7, 11) is 2.86. The normalized spacial score (nSPS) is 12.4. The second-order valence-electron chi connectivity index (χ2n) is 3.71. The van der Waals surface area contributed by atoms with Crippen LogP contribution in [0.2, 0.25) is 0 Å². The lowest BCUT2D eigenvalue weighted by Crippen LogP contribution is -2.16. The minimum atomic E-state index is -0.675. The van der Waals surface area contributed by atoms with Crippen molar-refractivity contribution in [3.63, 3.8) is 0 Å². The molecular formula is C14H14O3. The summed E-state index contributed by atoms with van der Waals surface area (Å²) in [4.78, 5) is 11.6. The Kier molecular flexibility index (Phi) is 3.40. The maximum absolute atomic E-state index is 11.6. The first-order valence-corrected chi connectivity index (χ1v) is 5.36. The van der Waals surface area contributed by atoms with E-state index in [1.807, 2.05) is 42.5 Å². The molecule has 0 aliphatic heterocycles. The van der Waals surface area contributed by atoms with Crippen LogP contribution in [0.15, 0.2) is 42.5 Å². The minimum Gasteiger partial charge on any atom is -0.467 e. The number of fused-ring (bicyclic) bond motifs is 1. The number of hydrogen-bond donors (Lipinski definition) is 0. The third-order valence-corrected chi connectivity index (χ3v) is 2.76. The largest absolute Gasteiger partial charge is 0.467 e. The molecule has 1 atom stereocenters. The average Bonchev–Trinajstić information content (AvgIpc) is 2.39. The van der Waals surface area contributed by atoms with E-state index in [0.717, 1.165) is 16.3 Å². The molecule has 0 radical (unpaired) electrons. The molecule has 0 amide bonds. The number of benzene rings is 2. The van der Waals surface area contributed by atoms with Crippen molar-refractivity contribution >= 4 is 16.7 Å². The van der Waals surface area contributed by atoms with E-state index in [9.17, 15) is 4.79 Å². The van der Waals surface area contributed by atoms with Gasteiger partial charge in [-0.2, -0.15) is 0 Å². The van der Waals surface area contributed by atoms with Crippen molar-refractivity contribution in [2.45, 2.75) is 6.10 Å². The first kappa shape index (κ1) is 11.6. The predicted octanol–water partition coefficient (Wildman–Crippen LogP) is 2.70. The van der Waals surface area contributed by atoms with E-state index in [0.29, 0.717) is 0 Å². The number of rotatable bonds is 3. The zero-order valence-electron chi connectivity index (χ0n) is 9.84. The first-order valence-electron chi connectivity index (χ1n) is 5.36. The maximum atomic E-state index is 11.6. The summed E-state index contributed by atoms with van der Waals surface area (Å²) >= 11 is 0. The summed E-state index contributed by atoms with van der Waals surface area (Å²) in [5.74, 6) is -0.385. The lowest BCUT2D eigenvalue weighted by Gasteiger charge is -2.15. The SMILES string of the molecule is COC(=O)C(OC)c1cccc2ccccc12. The Morgan fingerprint density at radius 1 is 1.06 bits per heavy atom. The second-order valence-corrected chi connectivity index (χ2v) is 3.71. The van der Waals surface area contributed by atoms with Gasteiger partial charge in [0.05, 0.1) is 7.11 Å². The molecule has 0 aliphatic carbocycles. The molecule has 3 heteroatoms. The Bertz CT molecular complexity index is 528. The molecule has 0 aliphatic rings. The highest BCUT2D eigenvalue weighted by Crippen LogP contribution is 2.26. The van der Waals surface area contributed by atoms with E-state index in [-0.39, 0.29) is 5.97 Å². The van der Waals surface area contributed by atoms with Gasteiger partial charge in [-0.15, -0.1) is 0 Å². The fraction of sp³-hybridized carbons (Fsp3) is 0.214. The van der Waals surface area contributed by atoms with E-state index in [1.54, 1.807) is 0 Å². The van der Waals surface area contributed by atoms with Crippen LogP contribution in [0.3, 0.4) is 0 Å². The van der Waals surface area contributed by atoms with Gasteiger partial charge in [0.15, 0.2) is 6.10 Å². The Balaban J connectivity index is 2.57. The molecule has 0 bridgehead atoms. The zero-order chi connectivity index (χ0) is 12.3. The van der Waals surface area contributed by atoms with Crippen molar-refractivity contribution in [1.29, 1.82) is 0 Å². The average molecular weight is 230 g/mol. The summed E-state index contributed by atoms with van der Waals surface area (Å²) in [6.07, 6.45) is -0.675. The van der Waals surface area contributed by atoms with E-state index >= 15 is 0 Å². The van der Waals surface area contributed by atoms with Gasteiger partial charge in [-0.1, -0.05) is 42.5 Å². The molecule has 3 nitrogen and oxygen atoms in total. The molecule has 0 N–H and O–H groups in total. The van der Waals surface area contributed by atoms with Gasteiger partial charge in [-0.25, -0.2) is 4.79 Å². The number of esters is 1. The molecule has 17 heavy (non-hydrogen) atoms. The summed E-state index contributed by atoms with van der Waals surface area (Å²) in [6.45, 7) is 0. The van der Waals surface area contributed by atoms with Crippen molar-refractivity contribution < 1.29 is 14.3 Å². The topological polar surface area (TPSA) is 35.5 Å². The molecule has 0 aromatic heterocycles. The molecule has 88 valence electrons.